The first-order chi connectivity index (χ1) is 7.59. The fourth-order valence-electron chi connectivity index (χ4n) is 1.24. The summed E-state index contributed by atoms with van der Waals surface area (Å²) in [4.78, 5) is 0. The maximum absolute atomic E-state index is 13.2. The largest absolute Gasteiger partial charge is 0.490 e. The molecule has 17 heavy (non-hydrogen) atoms. The van der Waals surface area contributed by atoms with Gasteiger partial charge in [-0.05, 0) is 32.9 Å². The van der Waals surface area contributed by atoms with Crippen LogP contribution in [0.5, 0.6) is 5.75 Å². The first kappa shape index (κ1) is 13.8. The fraction of sp³-hybridized carbons (Fsp3) is 0.500. The van der Waals surface area contributed by atoms with Crippen LogP contribution in [0.4, 0.5) is 17.6 Å². The fourth-order valence-corrected chi connectivity index (χ4v) is 1.24. The smallest absolute Gasteiger partial charge is 0.419 e. The normalized spacial score (nSPS) is 12.6. The molecule has 1 rings (SSSR count). The summed E-state index contributed by atoms with van der Waals surface area (Å²) in [7, 11) is 0. The number of benzene rings is 1. The molecule has 0 aliphatic rings. The van der Waals surface area contributed by atoms with Crippen molar-refractivity contribution in [3.05, 3.63) is 29.3 Å². The Kier molecular flexibility index (Phi) is 3.69. The molecule has 0 atom stereocenters. The molecular weight excluding hydrogens is 236 g/mol. The molecule has 1 nitrogen and oxygen atoms in total. The Bertz CT molecular complexity index is 390. The Morgan fingerprint density at radius 1 is 1.12 bits per heavy atom. The van der Waals surface area contributed by atoms with Crippen LogP contribution in [0.1, 0.15) is 25.0 Å². The molecule has 1 aromatic carbocycles. The molecule has 0 saturated carbocycles. The van der Waals surface area contributed by atoms with E-state index in [1.807, 2.05) is 0 Å². The first-order valence-electron chi connectivity index (χ1n) is 5.09. The summed E-state index contributed by atoms with van der Waals surface area (Å²) in [5.74, 6) is -0.339. The van der Waals surface area contributed by atoms with Crippen molar-refractivity contribution in [1.82, 2.24) is 0 Å². The molecule has 0 saturated heterocycles. The van der Waals surface area contributed by atoms with E-state index in [2.05, 4.69) is 0 Å². The lowest BCUT2D eigenvalue weighted by Gasteiger charge is -2.18. The van der Waals surface area contributed by atoms with E-state index in [4.69, 9.17) is 4.74 Å². The van der Waals surface area contributed by atoms with E-state index in [0.29, 0.717) is 5.56 Å². The Hall–Kier alpha value is -1.26. The number of hydrogen-bond acceptors (Lipinski definition) is 1. The quantitative estimate of drug-likeness (QED) is 0.732. The van der Waals surface area contributed by atoms with Crippen LogP contribution in [0.2, 0.25) is 0 Å². The van der Waals surface area contributed by atoms with Crippen molar-refractivity contribution in [3.8, 4) is 5.75 Å². The van der Waals surface area contributed by atoms with Crippen LogP contribution in [-0.2, 0) is 6.18 Å². The number of rotatable bonds is 3. The highest BCUT2D eigenvalue weighted by Crippen LogP contribution is 2.37. The molecule has 0 aliphatic carbocycles. The SMILES string of the molecule is Cc1ccc(OCC(C)(C)F)c(C(F)(F)F)c1. The van der Waals surface area contributed by atoms with Gasteiger partial charge < -0.3 is 4.74 Å². The second-order valence-electron chi connectivity index (χ2n) is 4.50. The number of aryl methyl sites for hydroxylation is 1. The molecule has 0 N–H and O–H groups in total. The molecule has 5 heteroatoms. The maximum Gasteiger partial charge on any atom is 0.419 e. The molecule has 0 unspecified atom stereocenters. The summed E-state index contributed by atoms with van der Waals surface area (Å²) in [5, 5.41) is 0. The second-order valence-corrected chi connectivity index (χ2v) is 4.50. The van der Waals surface area contributed by atoms with Crippen molar-refractivity contribution in [1.29, 1.82) is 0 Å². The van der Waals surface area contributed by atoms with Crippen LogP contribution in [0.15, 0.2) is 18.2 Å². The first-order valence-corrected chi connectivity index (χ1v) is 5.09. The van der Waals surface area contributed by atoms with Crippen LogP contribution < -0.4 is 4.74 Å². The number of hydrogen-bond donors (Lipinski definition) is 0. The van der Waals surface area contributed by atoms with Gasteiger partial charge in [-0.15, -0.1) is 0 Å². The summed E-state index contributed by atoms with van der Waals surface area (Å²) in [6.07, 6.45) is -4.50. The van der Waals surface area contributed by atoms with Gasteiger partial charge in [-0.1, -0.05) is 11.6 Å². The van der Waals surface area contributed by atoms with E-state index in [9.17, 15) is 17.6 Å². The van der Waals surface area contributed by atoms with Gasteiger partial charge in [0.2, 0.25) is 0 Å². The molecule has 0 aromatic heterocycles. The molecule has 0 fully saturated rings. The lowest BCUT2D eigenvalue weighted by molar-refractivity contribution is -0.139. The molecule has 0 radical (unpaired) electrons. The van der Waals surface area contributed by atoms with Gasteiger partial charge in [-0.2, -0.15) is 13.2 Å². The van der Waals surface area contributed by atoms with E-state index < -0.39 is 24.0 Å². The monoisotopic (exact) mass is 250 g/mol. The molecule has 0 bridgehead atoms. The van der Waals surface area contributed by atoms with E-state index >= 15 is 0 Å². The zero-order chi connectivity index (χ0) is 13.3. The van der Waals surface area contributed by atoms with E-state index in [1.54, 1.807) is 6.92 Å². The second kappa shape index (κ2) is 4.55. The van der Waals surface area contributed by atoms with Crippen LogP contribution in [0, 0.1) is 6.92 Å². The Morgan fingerprint density at radius 3 is 2.18 bits per heavy atom. The average Bonchev–Trinajstić information content (AvgIpc) is 2.13. The Balaban J connectivity index is 2.99. The lowest BCUT2D eigenvalue weighted by atomic mass is 10.1. The average molecular weight is 250 g/mol. The third-order valence-corrected chi connectivity index (χ3v) is 2.01. The maximum atomic E-state index is 13.2. The topological polar surface area (TPSA) is 9.23 Å². The van der Waals surface area contributed by atoms with Gasteiger partial charge in [-0.25, -0.2) is 4.39 Å². The molecule has 0 amide bonds. The van der Waals surface area contributed by atoms with E-state index in [0.717, 1.165) is 6.07 Å². The number of alkyl halides is 4. The van der Waals surface area contributed by atoms with Crippen LogP contribution in [0.3, 0.4) is 0 Å². The minimum Gasteiger partial charge on any atom is -0.490 e. The zero-order valence-corrected chi connectivity index (χ0v) is 9.86. The van der Waals surface area contributed by atoms with E-state index in [-0.39, 0.29) is 5.75 Å². The van der Waals surface area contributed by atoms with Gasteiger partial charge >= 0.3 is 6.18 Å². The Labute approximate surface area is 97.4 Å². The van der Waals surface area contributed by atoms with Gasteiger partial charge in [0.15, 0.2) is 0 Å². The summed E-state index contributed by atoms with van der Waals surface area (Å²) < 4.78 is 56.1. The Morgan fingerprint density at radius 2 is 1.71 bits per heavy atom. The van der Waals surface area contributed by atoms with Crippen molar-refractivity contribution in [2.45, 2.75) is 32.6 Å². The highest BCUT2D eigenvalue weighted by molar-refractivity contribution is 5.38. The van der Waals surface area contributed by atoms with Crippen LogP contribution in [-0.4, -0.2) is 12.3 Å². The van der Waals surface area contributed by atoms with Crippen molar-refractivity contribution >= 4 is 0 Å². The van der Waals surface area contributed by atoms with Gasteiger partial charge in [-0.3, -0.25) is 0 Å². The van der Waals surface area contributed by atoms with Crippen molar-refractivity contribution in [2.75, 3.05) is 6.61 Å². The predicted octanol–water partition coefficient (Wildman–Crippen LogP) is 4.14. The van der Waals surface area contributed by atoms with Crippen LogP contribution in [0.25, 0.3) is 0 Å². The zero-order valence-electron chi connectivity index (χ0n) is 9.86. The summed E-state index contributed by atoms with van der Waals surface area (Å²) in [5.41, 5.74) is -2.07. The third-order valence-electron chi connectivity index (χ3n) is 2.01. The molecular formula is C12H14F4O. The van der Waals surface area contributed by atoms with Gasteiger partial charge in [0.1, 0.15) is 18.0 Å². The van der Waals surface area contributed by atoms with Crippen molar-refractivity contribution < 1.29 is 22.3 Å². The van der Waals surface area contributed by atoms with Crippen molar-refractivity contribution in [2.24, 2.45) is 0 Å². The minimum atomic E-state index is -4.50. The van der Waals surface area contributed by atoms with Crippen molar-refractivity contribution in [3.63, 3.8) is 0 Å². The number of halogens is 4. The van der Waals surface area contributed by atoms with Gasteiger partial charge in [0.25, 0.3) is 0 Å². The van der Waals surface area contributed by atoms with Gasteiger partial charge in [0.05, 0.1) is 5.56 Å². The molecule has 0 spiro atoms. The molecule has 0 aliphatic heterocycles. The number of ether oxygens (including phenoxy) is 1. The highest BCUT2D eigenvalue weighted by Gasteiger charge is 2.34. The minimum absolute atomic E-state index is 0.339. The molecule has 96 valence electrons. The van der Waals surface area contributed by atoms with E-state index in [1.165, 1.54) is 26.0 Å². The predicted molar refractivity (Wildman–Crippen MR) is 56.9 cm³/mol. The third kappa shape index (κ3) is 4.24. The summed E-state index contributed by atoms with van der Waals surface area (Å²) in [6, 6.07) is 3.69. The molecule has 1 aromatic rings. The lowest BCUT2D eigenvalue weighted by Crippen LogP contribution is -2.23. The van der Waals surface area contributed by atoms with Gasteiger partial charge in [0, 0.05) is 0 Å². The molecule has 0 heterocycles. The summed E-state index contributed by atoms with van der Waals surface area (Å²) >= 11 is 0. The summed E-state index contributed by atoms with van der Waals surface area (Å²) in [6.45, 7) is 3.63. The highest BCUT2D eigenvalue weighted by atomic mass is 19.4. The van der Waals surface area contributed by atoms with Crippen LogP contribution >= 0.6 is 0 Å². The standard InChI is InChI=1S/C12H14F4O/c1-8-4-5-10(17-7-11(2,3)13)9(6-8)12(14,15)16/h4-6H,7H2,1-3H3.